The largest absolute Gasteiger partial charge is 0.508 e. The van der Waals surface area contributed by atoms with Crippen molar-refractivity contribution < 1.29 is 29.0 Å². The lowest BCUT2D eigenvalue weighted by atomic mass is 9.91. The van der Waals surface area contributed by atoms with Gasteiger partial charge in [-0.3, -0.25) is 9.88 Å². The second-order valence-corrected chi connectivity index (χ2v) is 11.3. The molecular weight excluding hydrogens is 518 g/mol. The molecule has 0 aliphatic carbocycles. The minimum atomic E-state index is -4.34. The van der Waals surface area contributed by atoms with Crippen molar-refractivity contribution in [2.24, 2.45) is 0 Å². The molecule has 7 nitrogen and oxygen atoms in total. The van der Waals surface area contributed by atoms with Gasteiger partial charge in [0, 0.05) is 17.3 Å². The first-order valence-corrected chi connectivity index (χ1v) is 14.3. The Balaban J connectivity index is 1.41. The molecule has 1 heterocycles. The van der Waals surface area contributed by atoms with E-state index in [1.807, 2.05) is 42.5 Å². The van der Waals surface area contributed by atoms with E-state index in [9.17, 15) is 29.0 Å². The van der Waals surface area contributed by atoms with Crippen LogP contribution in [0.15, 0.2) is 97.1 Å². The Labute approximate surface area is 226 Å². The summed E-state index contributed by atoms with van der Waals surface area (Å²) in [6, 6.07) is 26.9. The van der Waals surface area contributed by atoms with E-state index in [-0.39, 0.29) is 29.0 Å². The molecule has 39 heavy (non-hydrogen) atoms. The molecule has 5 rings (SSSR count). The van der Waals surface area contributed by atoms with E-state index >= 15 is 0 Å². The average Bonchev–Trinajstić information content (AvgIpc) is 3.36. The first kappa shape index (κ1) is 27.1. The number of hydrogen-bond acceptors (Lipinski definition) is 5. The van der Waals surface area contributed by atoms with Crippen molar-refractivity contribution in [3.63, 3.8) is 0 Å². The molecule has 1 saturated heterocycles. The summed E-state index contributed by atoms with van der Waals surface area (Å²) in [7, 11) is -4.34. The summed E-state index contributed by atoms with van der Waals surface area (Å²) in [5.41, 5.74) is 3.81. The molecular formula is C30H30FN2O5P. The van der Waals surface area contributed by atoms with Gasteiger partial charge in [0.1, 0.15) is 11.6 Å². The highest BCUT2D eigenvalue weighted by Crippen LogP contribution is 2.41. The van der Waals surface area contributed by atoms with Crippen LogP contribution in [0.25, 0.3) is 11.1 Å². The summed E-state index contributed by atoms with van der Waals surface area (Å²) in [5.74, 6) is -0.246. The number of anilines is 1. The van der Waals surface area contributed by atoms with Crippen LogP contribution in [0.5, 0.6) is 5.75 Å². The molecule has 3 unspecified atom stereocenters. The van der Waals surface area contributed by atoms with Crippen molar-refractivity contribution in [1.82, 2.24) is 5.32 Å². The highest BCUT2D eigenvalue weighted by Gasteiger charge is 2.37. The van der Waals surface area contributed by atoms with Crippen LogP contribution in [0, 0.1) is 5.82 Å². The zero-order valence-corrected chi connectivity index (χ0v) is 22.0. The number of para-hydroxylation sites is 1. The molecule has 9 heteroatoms. The summed E-state index contributed by atoms with van der Waals surface area (Å²) >= 11 is 0. The normalized spacial score (nSPS) is 18.3. The third-order valence-electron chi connectivity index (χ3n) is 7.22. The van der Waals surface area contributed by atoms with E-state index in [2.05, 4.69) is 10.2 Å². The van der Waals surface area contributed by atoms with Crippen LogP contribution < -0.4 is 15.5 Å². The van der Waals surface area contributed by atoms with E-state index < -0.39 is 13.7 Å². The first-order valence-electron chi connectivity index (χ1n) is 12.7. The van der Waals surface area contributed by atoms with Gasteiger partial charge >= 0.3 is 7.60 Å². The Morgan fingerprint density at radius 3 is 2.23 bits per heavy atom. The zero-order valence-electron chi connectivity index (χ0n) is 21.1. The molecule has 0 radical (unpaired) electrons. The Morgan fingerprint density at radius 1 is 0.923 bits per heavy atom. The molecule has 1 aliphatic heterocycles. The summed E-state index contributed by atoms with van der Waals surface area (Å²) in [6.45, 7) is 0.553. The van der Waals surface area contributed by atoms with E-state index in [1.54, 1.807) is 30.3 Å². The Morgan fingerprint density at radius 2 is 1.59 bits per heavy atom. The van der Waals surface area contributed by atoms with Crippen molar-refractivity contribution in [2.45, 2.75) is 31.0 Å². The maximum absolute atomic E-state index is 13.3. The van der Waals surface area contributed by atoms with Crippen LogP contribution in [0.3, 0.4) is 0 Å². The number of phenols is 1. The smallest absolute Gasteiger partial charge is 0.356 e. The zero-order chi connectivity index (χ0) is 27.6. The summed E-state index contributed by atoms with van der Waals surface area (Å²) < 4.78 is 24.8. The van der Waals surface area contributed by atoms with E-state index in [4.69, 9.17) is 0 Å². The van der Waals surface area contributed by atoms with Gasteiger partial charge in [0.2, 0.25) is 0 Å². The van der Waals surface area contributed by atoms with Crippen molar-refractivity contribution >= 4 is 18.6 Å². The molecule has 0 saturated carbocycles. The van der Waals surface area contributed by atoms with Crippen LogP contribution in [0.1, 0.15) is 36.1 Å². The number of halogens is 1. The molecule has 4 aromatic carbocycles. The standard InChI is InChI=1S/C30H30FN2O5P/c31-23-11-6-21(7-12-23)28(34)17-16-27-30(33(19-32-27)24-4-2-1-3-5-24)26-15-10-22(18-29(26)35)20-8-13-25(14-9-20)39(36,37)38/h1-15,18,27-28,30,32,34-35H,16-17,19H2,(H2,36,37,38). The molecule has 0 aromatic heterocycles. The van der Waals surface area contributed by atoms with Gasteiger partial charge in [0.15, 0.2) is 0 Å². The second kappa shape index (κ2) is 11.3. The summed E-state index contributed by atoms with van der Waals surface area (Å²) in [6.07, 6.45) is 0.316. The van der Waals surface area contributed by atoms with Gasteiger partial charge in [-0.15, -0.1) is 0 Å². The van der Waals surface area contributed by atoms with E-state index in [0.29, 0.717) is 30.6 Å². The Kier molecular flexibility index (Phi) is 7.84. The van der Waals surface area contributed by atoms with Crippen molar-refractivity contribution in [3.8, 4) is 16.9 Å². The molecule has 202 valence electrons. The number of nitrogens with one attached hydrogen (secondary N) is 1. The van der Waals surface area contributed by atoms with Crippen LogP contribution in [0.4, 0.5) is 10.1 Å². The van der Waals surface area contributed by atoms with Gasteiger partial charge in [-0.25, -0.2) is 4.39 Å². The topological polar surface area (TPSA) is 113 Å². The lowest BCUT2D eigenvalue weighted by molar-refractivity contribution is 0.159. The third kappa shape index (κ3) is 6.06. The van der Waals surface area contributed by atoms with Crippen LogP contribution in [0.2, 0.25) is 0 Å². The fourth-order valence-corrected chi connectivity index (χ4v) is 5.71. The van der Waals surface area contributed by atoms with Gasteiger partial charge in [-0.2, -0.15) is 0 Å². The summed E-state index contributed by atoms with van der Waals surface area (Å²) in [4.78, 5) is 20.9. The van der Waals surface area contributed by atoms with E-state index in [0.717, 1.165) is 16.8 Å². The SMILES string of the molecule is O=P(O)(O)c1ccc(-c2ccc(C3C(CCC(O)c4ccc(F)cc4)NCN3c3ccccc3)c(O)c2)cc1. The molecule has 5 N–H and O–H groups in total. The van der Waals surface area contributed by atoms with Crippen molar-refractivity contribution in [2.75, 3.05) is 11.6 Å². The Bertz CT molecular complexity index is 1460. The molecule has 0 spiro atoms. The highest BCUT2D eigenvalue weighted by molar-refractivity contribution is 7.60. The number of aliphatic hydroxyl groups excluding tert-OH is 1. The number of aliphatic hydroxyl groups is 1. The molecule has 4 aromatic rings. The van der Waals surface area contributed by atoms with Crippen LogP contribution in [-0.4, -0.2) is 32.7 Å². The second-order valence-electron chi connectivity index (χ2n) is 9.73. The minimum absolute atomic E-state index is 0.0618. The first-order chi connectivity index (χ1) is 18.7. The average molecular weight is 549 g/mol. The molecule has 1 aliphatic rings. The number of nitrogens with zero attached hydrogens (tertiary/aromatic N) is 1. The van der Waals surface area contributed by atoms with Gasteiger partial charge in [0.05, 0.1) is 24.1 Å². The number of aromatic hydroxyl groups is 1. The maximum Gasteiger partial charge on any atom is 0.356 e. The van der Waals surface area contributed by atoms with Crippen LogP contribution in [-0.2, 0) is 4.57 Å². The minimum Gasteiger partial charge on any atom is -0.508 e. The van der Waals surface area contributed by atoms with E-state index in [1.165, 1.54) is 24.3 Å². The van der Waals surface area contributed by atoms with Gasteiger partial charge in [-0.05, 0) is 72.0 Å². The predicted octanol–water partition coefficient (Wildman–Crippen LogP) is 4.99. The molecule has 0 amide bonds. The highest BCUT2D eigenvalue weighted by atomic mass is 31.2. The monoisotopic (exact) mass is 548 g/mol. The number of phenolic OH excluding ortho intramolecular Hbond substituents is 1. The van der Waals surface area contributed by atoms with Crippen molar-refractivity contribution in [3.05, 3.63) is 114 Å². The fraction of sp³-hybridized carbons (Fsp3) is 0.200. The third-order valence-corrected chi connectivity index (χ3v) is 8.19. The maximum atomic E-state index is 13.3. The van der Waals surface area contributed by atoms with Gasteiger partial charge in [-0.1, -0.05) is 54.6 Å². The number of benzene rings is 4. The predicted molar refractivity (Wildman–Crippen MR) is 149 cm³/mol. The molecule has 0 bridgehead atoms. The van der Waals surface area contributed by atoms with Crippen molar-refractivity contribution in [1.29, 1.82) is 0 Å². The quantitative estimate of drug-likeness (QED) is 0.197. The molecule has 3 atom stereocenters. The lowest BCUT2D eigenvalue weighted by Crippen LogP contribution is -2.29. The Hall–Kier alpha value is -3.52. The van der Waals surface area contributed by atoms with Gasteiger partial charge in [0.25, 0.3) is 0 Å². The van der Waals surface area contributed by atoms with Crippen LogP contribution >= 0.6 is 7.60 Å². The number of hydrogen-bond donors (Lipinski definition) is 5. The van der Waals surface area contributed by atoms with Gasteiger partial charge < -0.3 is 24.9 Å². The summed E-state index contributed by atoms with van der Waals surface area (Å²) in [5, 5.41) is 25.4. The fourth-order valence-electron chi connectivity index (χ4n) is 5.17. The lowest BCUT2D eigenvalue weighted by Gasteiger charge is -2.30. The number of rotatable bonds is 8. The molecule has 1 fully saturated rings.